The Kier molecular flexibility index (Phi) is 64.3. The predicted molar refractivity (Wildman–Crippen MR) is 348 cm³/mol. The van der Waals surface area contributed by atoms with Gasteiger partial charge >= 0.3 is 17.9 Å². The summed E-state index contributed by atoms with van der Waals surface area (Å²) in [7, 11) is 0. The number of carbonyl (C=O) groups excluding carboxylic acids is 3. The second-order valence-corrected chi connectivity index (χ2v) is 22.3. The first-order valence-electron chi connectivity index (χ1n) is 33.9. The van der Waals surface area contributed by atoms with Crippen molar-refractivity contribution in [2.75, 3.05) is 13.2 Å². The van der Waals surface area contributed by atoms with Gasteiger partial charge in [0.25, 0.3) is 0 Å². The Morgan fingerprint density at radius 2 is 0.487 bits per heavy atom. The van der Waals surface area contributed by atoms with Crippen molar-refractivity contribution < 1.29 is 28.6 Å². The highest BCUT2D eigenvalue weighted by Gasteiger charge is 2.19. The van der Waals surface area contributed by atoms with Gasteiger partial charge in [0.15, 0.2) is 6.10 Å². The van der Waals surface area contributed by atoms with E-state index in [1.807, 2.05) is 0 Å². The third-order valence-electron chi connectivity index (χ3n) is 14.5. The van der Waals surface area contributed by atoms with Gasteiger partial charge in [-0.2, -0.15) is 0 Å². The number of unbranched alkanes of at least 4 members (excludes halogenated alkanes) is 32. The molecule has 0 fully saturated rings. The summed E-state index contributed by atoms with van der Waals surface area (Å²) < 4.78 is 16.9. The van der Waals surface area contributed by atoms with E-state index in [9.17, 15) is 14.4 Å². The molecule has 0 aliphatic rings. The van der Waals surface area contributed by atoms with Crippen LogP contribution in [0, 0.1) is 0 Å². The Morgan fingerprint density at radius 1 is 0.263 bits per heavy atom. The number of ether oxygens (including phenoxy) is 3. The molecule has 0 aromatic carbocycles. The van der Waals surface area contributed by atoms with Crippen molar-refractivity contribution in [3.63, 3.8) is 0 Å². The summed E-state index contributed by atoms with van der Waals surface area (Å²) in [5.41, 5.74) is 0. The third-order valence-corrected chi connectivity index (χ3v) is 14.5. The minimum absolute atomic E-state index is 0.0852. The van der Waals surface area contributed by atoms with Gasteiger partial charge in [-0.25, -0.2) is 0 Å². The Hall–Kier alpha value is -3.93. The molecule has 458 valence electrons. The van der Waals surface area contributed by atoms with E-state index in [0.29, 0.717) is 19.3 Å². The summed E-state index contributed by atoms with van der Waals surface area (Å²) in [5.74, 6) is -0.894. The number of esters is 3. The molecule has 0 spiro atoms. The first-order valence-corrected chi connectivity index (χ1v) is 33.9. The molecule has 0 amide bonds. The minimum Gasteiger partial charge on any atom is -0.462 e. The highest BCUT2D eigenvalue weighted by molar-refractivity contribution is 5.71. The Balaban J connectivity index is 4.31. The molecule has 0 rings (SSSR count). The van der Waals surface area contributed by atoms with E-state index in [1.54, 1.807) is 0 Å². The first kappa shape index (κ1) is 76.1. The maximum Gasteiger partial charge on any atom is 0.306 e. The molecular weight excluding hydrogens is 985 g/mol. The topological polar surface area (TPSA) is 78.9 Å². The van der Waals surface area contributed by atoms with Crippen molar-refractivity contribution in [2.45, 2.75) is 329 Å². The molecule has 0 aromatic rings. The fourth-order valence-corrected chi connectivity index (χ4v) is 9.41. The molecule has 0 bridgehead atoms. The van der Waals surface area contributed by atoms with E-state index < -0.39 is 6.10 Å². The molecule has 6 nitrogen and oxygen atoms in total. The van der Waals surface area contributed by atoms with Crippen LogP contribution in [0.15, 0.2) is 109 Å². The molecular formula is C74H126O6. The molecule has 1 atom stereocenters. The van der Waals surface area contributed by atoms with E-state index in [0.717, 1.165) is 116 Å². The van der Waals surface area contributed by atoms with Crippen LogP contribution >= 0.6 is 0 Å². The average molecular weight is 1110 g/mol. The highest BCUT2D eigenvalue weighted by Crippen LogP contribution is 2.16. The van der Waals surface area contributed by atoms with Crippen LogP contribution in [0.3, 0.4) is 0 Å². The lowest BCUT2D eigenvalue weighted by molar-refractivity contribution is -0.167. The van der Waals surface area contributed by atoms with Gasteiger partial charge in [-0.1, -0.05) is 284 Å². The van der Waals surface area contributed by atoms with Crippen LogP contribution in [0.5, 0.6) is 0 Å². The molecule has 6 heteroatoms. The van der Waals surface area contributed by atoms with Crippen LogP contribution < -0.4 is 0 Å². The zero-order valence-electron chi connectivity index (χ0n) is 52.6. The Labute approximate surface area is 495 Å². The molecule has 1 unspecified atom stereocenters. The van der Waals surface area contributed by atoms with Crippen molar-refractivity contribution in [1.29, 1.82) is 0 Å². The lowest BCUT2D eigenvalue weighted by Gasteiger charge is -2.18. The van der Waals surface area contributed by atoms with Crippen molar-refractivity contribution in [3.05, 3.63) is 109 Å². The monoisotopic (exact) mass is 1110 g/mol. The van der Waals surface area contributed by atoms with E-state index >= 15 is 0 Å². The molecule has 0 saturated carbocycles. The van der Waals surface area contributed by atoms with Gasteiger partial charge < -0.3 is 14.2 Å². The second-order valence-electron chi connectivity index (χ2n) is 22.3. The Morgan fingerprint density at radius 3 is 0.800 bits per heavy atom. The number of hydrogen-bond donors (Lipinski definition) is 0. The predicted octanol–water partition coefficient (Wildman–Crippen LogP) is 23.4. The van der Waals surface area contributed by atoms with Gasteiger partial charge in [-0.3, -0.25) is 14.4 Å². The standard InChI is InChI=1S/C74H126O6/c1-4-7-10-13-16-19-22-25-27-29-31-33-35-36-37-38-40-41-43-45-47-49-52-55-58-61-64-67-73(76)79-70-71(69-78-72(75)66-63-60-57-54-51-24-21-18-15-12-9-6-3)80-74(77)68-65-62-59-56-53-50-48-46-44-42-39-34-32-30-28-26-23-20-17-14-11-8-5-2/h7,10,16,18-19,21,23,25-27,30-33,36-37,40-41,71H,4-6,8-9,11-15,17,20,22,24,28-29,34-35,38-39,42-70H2,1-3H3/b10-7-,19-16-,21-18-,26-23-,27-25-,32-30-,33-31-,37-36-,41-40-. The summed E-state index contributed by atoms with van der Waals surface area (Å²) in [5, 5.41) is 0. The van der Waals surface area contributed by atoms with Crippen molar-refractivity contribution in [1.82, 2.24) is 0 Å². The normalized spacial score (nSPS) is 12.8. The fraction of sp³-hybridized carbons (Fsp3) is 0.716. The summed E-state index contributed by atoms with van der Waals surface area (Å²) in [6.45, 7) is 6.50. The van der Waals surface area contributed by atoms with E-state index in [1.165, 1.54) is 167 Å². The van der Waals surface area contributed by atoms with E-state index in [2.05, 4.69) is 130 Å². The lowest BCUT2D eigenvalue weighted by atomic mass is 10.0. The maximum absolute atomic E-state index is 12.9. The molecule has 0 radical (unpaired) electrons. The van der Waals surface area contributed by atoms with E-state index in [4.69, 9.17) is 14.2 Å². The summed E-state index contributed by atoms with van der Waals surface area (Å²) in [6, 6.07) is 0. The van der Waals surface area contributed by atoms with Crippen molar-refractivity contribution in [2.24, 2.45) is 0 Å². The smallest absolute Gasteiger partial charge is 0.306 e. The summed E-state index contributed by atoms with van der Waals surface area (Å²) in [6.07, 6.45) is 92.4. The van der Waals surface area contributed by atoms with Crippen LogP contribution in [0.25, 0.3) is 0 Å². The van der Waals surface area contributed by atoms with Crippen molar-refractivity contribution in [3.8, 4) is 0 Å². The van der Waals surface area contributed by atoms with Gasteiger partial charge in [-0.15, -0.1) is 0 Å². The third kappa shape index (κ3) is 64.9. The van der Waals surface area contributed by atoms with Gasteiger partial charge in [0, 0.05) is 19.3 Å². The number of hydrogen-bond acceptors (Lipinski definition) is 6. The first-order chi connectivity index (χ1) is 39.5. The maximum atomic E-state index is 12.9. The van der Waals surface area contributed by atoms with Crippen LogP contribution in [-0.2, 0) is 28.6 Å². The van der Waals surface area contributed by atoms with E-state index in [-0.39, 0.29) is 31.1 Å². The zero-order chi connectivity index (χ0) is 57.8. The minimum atomic E-state index is -0.789. The van der Waals surface area contributed by atoms with Gasteiger partial charge in [0.05, 0.1) is 0 Å². The number of allylic oxidation sites excluding steroid dienone is 18. The average Bonchev–Trinajstić information content (AvgIpc) is 3.46. The number of carbonyl (C=O) groups is 3. The molecule has 0 saturated heterocycles. The molecule has 0 heterocycles. The van der Waals surface area contributed by atoms with Crippen molar-refractivity contribution >= 4 is 17.9 Å². The van der Waals surface area contributed by atoms with Gasteiger partial charge in [0.2, 0.25) is 0 Å². The zero-order valence-corrected chi connectivity index (χ0v) is 52.6. The summed E-state index contributed by atoms with van der Waals surface area (Å²) >= 11 is 0. The lowest BCUT2D eigenvalue weighted by Crippen LogP contribution is -2.30. The van der Waals surface area contributed by atoms with Crippen LogP contribution in [-0.4, -0.2) is 37.2 Å². The molecule has 0 N–H and O–H groups in total. The van der Waals surface area contributed by atoms with Crippen LogP contribution in [0.1, 0.15) is 323 Å². The molecule has 0 aromatic heterocycles. The number of rotatable bonds is 61. The quantitative estimate of drug-likeness (QED) is 0.0261. The SMILES string of the molecule is CC/C=C\C/C=C\C/C=C\C/C=C\C/C=C\C/C=C\CCCCCCCCCCC(=O)OCC(COC(=O)CCCCCCC/C=C\CCCCC)OC(=O)CCCCCCCCCCCCC/C=C\C/C=C\CCCCCCC. The van der Waals surface area contributed by atoms with Crippen LogP contribution in [0.4, 0.5) is 0 Å². The fourth-order valence-electron chi connectivity index (χ4n) is 9.41. The molecule has 80 heavy (non-hydrogen) atoms. The summed E-state index contributed by atoms with van der Waals surface area (Å²) in [4.78, 5) is 38.4. The second kappa shape index (κ2) is 67.6. The van der Waals surface area contributed by atoms with Crippen LogP contribution in [0.2, 0.25) is 0 Å². The molecule has 0 aliphatic heterocycles. The Bertz CT molecular complexity index is 1610. The largest absolute Gasteiger partial charge is 0.462 e. The van der Waals surface area contributed by atoms with Gasteiger partial charge in [0.1, 0.15) is 13.2 Å². The highest BCUT2D eigenvalue weighted by atomic mass is 16.6. The van der Waals surface area contributed by atoms with Gasteiger partial charge in [-0.05, 0) is 128 Å². The molecule has 0 aliphatic carbocycles.